The first kappa shape index (κ1) is 11.6. The fourth-order valence-electron chi connectivity index (χ4n) is 0.997. The molecule has 0 saturated carbocycles. The van der Waals surface area contributed by atoms with Crippen LogP contribution in [0.2, 0.25) is 0 Å². The van der Waals surface area contributed by atoms with Gasteiger partial charge < -0.3 is 10.1 Å². The van der Waals surface area contributed by atoms with E-state index in [0.717, 1.165) is 42.7 Å². The first-order valence-corrected chi connectivity index (χ1v) is 5.78. The van der Waals surface area contributed by atoms with E-state index in [0.29, 0.717) is 0 Å². The quantitative estimate of drug-likeness (QED) is 0.695. The predicted molar refractivity (Wildman–Crippen MR) is 57.5 cm³/mol. The molecule has 0 aromatic carbocycles. The third kappa shape index (κ3) is 4.13. The Morgan fingerprint density at radius 2 is 2.07 bits per heavy atom. The topological polar surface area (TPSA) is 47.0 Å². The first-order chi connectivity index (χ1) is 6.86. The van der Waals surface area contributed by atoms with Gasteiger partial charge in [0.25, 0.3) is 0 Å². The van der Waals surface area contributed by atoms with Crippen LogP contribution < -0.4 is 5.32 Å². The molecule has 0 unspecified atom stereocenters. The van der Waals surface area contributed by atoms with Crippen LogP contribution in [0, 0.1) is 0 Å². The van der Waals surface area contributed by atoms with Crippen molar-refractivity contribution in [3.8, 4) is 0 Å². The van der Waals surface area contributed by atoms with E-state index in [1.165, 1.54) is 0 Å². The smallest absolute Gasteiger partial charge is 0.131 e. The minimum Gasteiger partial charge on any atom is -0.381 e. The summed E-state index contributed by atoms with van der Waals surface area (Å²) in [6.45, 7) is 7.37. The van der Waals surface area contributed by atoms with Gasteiger partial charge in [-0.1, -0.05) is 6.92 Å². The molecule has 1 rings (SSSR count). The summed E-state index contributed by atoms with van der Waals surface area (Å²) in [5.74, 6) is 0. The zero-order valence-corrected chi connectivity index (χ0v) is 9.56. The van der Waals surface area contributed by atoms with E-state index >= 15 is 0 Å². The van der Waals surface area contributed by atoms with Crippen LogP contribution in [0.15, 0.2) is 0 Å². The lowest BCUT2D eigenvalue weighted by molar-refractivity contribution is 0.150. The first-order valence-electron chi connectivity index (χ1n) is 4.96. The molecule has 0 spiro atoms. The highest BCUT2D eigenvalue weighted by Crippen LogP contribution is 2.09. The van der Waals surface area contributed by atoms with E-state index in [4.69, 9.17) is 4.74 Å². The summed E-state index contributed by atoms with van der Waals surface area (Å²) in [4.78, 5) is 0. The zero-order valence-electron chi connectivity index (χ0n) is 8.75. The van der Waals surface area contributed by atoms with Gasteiger partial charge in [-0.05, 0) is 13.5 Å². The molecular weight excluding hydrogens is 198 g/mol. The van der Waals surface area contributed by atoms with Gasteiger partial charge in [0.05, 0.1) is 6.61 Å². The highest BCUT2D eigenvalue weighted by molar-refractivity contribution is 7.11. The van der Waals surface area contributed by atoms with Gasteiger partial charge in [-0.15, -0.1) is 21.5 Å². The van der Waals surface area contributed by atoms with E-state index in [2.05, 4.69) is 22.4 Å². The summed E-state index contributed by atoms with van der Waals surface area (Å²) in [5, 5.41) is 13.5. The minimum absolute atomic E-state index is 0.742. The lowest BCUT2D eigenvalue weighted by Crippen LogP contribution is -2.11. The fourth-order valence-corrected chi connectivity index (χ4v) is 1.79. The summed E-state index contributed by atoms with van der Waals surface area (Å²) in [6.07, 6.45) is 0.873. The number of hydrogen-bond donors (Lipinski definition) is 1. The average molecular weight is 215 g/mol. The standard InChI is InChI=1S/C9H17N3OS/c1-3-10-7-9-12-11-8(14-9)5-6-13-4-2/h10H,3-7H2,1-2H3. The van der Waals surface area contributed by atoms with Crippen molar-refractivity contribution >= 4 is 11.3 Å². The van der Waals surface area contributed by atoms with Crippen molar-refractivity contribution in [2.45, 2.75) is 26.8 Å². The van der Waals surface area contributed by atoms with Crippen LogP contribution in [0.1, 0.15) is 23.9 Å². The maximum absolute atomic E-state index is 5.25. The molecule has 0 amide bonds. The van der Waals surface area contributed by atoms with Crippen LogP contribution in [0.5, 0.6) is 0 Å². The summed E-state index contributed by atoms with van der Waals surface area (Å²) >= 11 is 1.66. The van der Waals surface area contributed by atoms with Crippen LogP contribution in [-0.4, -0.2) is 30.0 Å². The van der Waals surface area contributed by atoms with Crippen LogP contribution in [0.3, 0.4) is 0 Å². The van der Waals surface area contributed by atoms with E-state index in [1.54, 1.807) is 11.3 Å². The molecule has 0 fully saturated rings. The molecule has 14 heavy (non-hydrogen) atoms. The second kappa shape index (κ2) is 6.86. The van der Waals surface area contributed by atoms with Crippen LogP contribution in [0.25, 0.3) is 0 Å². The summed E-state index contributed by atoms with van der Waals surface area (Å²) in [7, 11) is 0. The Balaban J connectivity index is 2.27. The van der Waals surface area contributed by atoms with E-state index in [-0.39, 0.29) is 0 Å². The van der Waals surface area contributed by atoms with E-state index in [9.17, 15) is 0 Å². The molecule has 1 heterocycles. The van der Waals surface area contributed by atoms with Gasteiger partial charge >= 0.3 is 0 Å². The molecule has 0 bridgehead atoms. The normalized spacial score (nSPS) is 10.7. The van der Waals surface area contributed by atoms with Crippen molar-refractivity contribution in [1.29, 1.82) is 0 Å². The molecule has 1 aromatic heterocycles. The Morgan fingerprint density at radius 3 is 2.79 bits per heavy atom. The van der Waals surface area contributed by atoms with Gasteiger partial charge in [0, 0.05) is 19.6 Å². The third-order valence-electron chi connectivity index (χ3n) is 1.70. The summed E-state index contributed by atoms with van der Waals surface area (Å²) < 4.78 is 5.25. The molecule has 5 heteroatoms. The van der Waals surface area contributed by atoms with Gasteiger partial charge in [0.15, 0.2) is 0 Å². The molecular formula is C9H17N3OS. The number of rotatable bonds is 7. The molecule has 0 aliphatic carbocycles. The molecule has 0 saturated heterocycles. The van der Waals surface area contributed by atoms with Crippen LogP contribution in [0.4, 0.5) is 0 Å². The molecule has 0 atom stereocenters. The minimum atomic E-state index is 0.742. The van der Waals surface area contributed by atoms with Crippen LogP contribution >= 0.6 is 11.3 Å². The number of nitrogens with one attached hydrogen (secondary N) is 1. The maximum atomic E-state index is 5.25. The van der Waals surface area contributed by atoms with E-state index < -0.39 is 0 Å². The molecule has 0 aliphatic heterocycles. The number of nitrogens with zero attached hydrogens (tertiary/aromatic N) is 2. The van der Waals surface area contributed by atoms with Gasteiger partial charge in [0.2, 0.25) is 0 Å². The van der Waals surface area contributed by atoms with Gasteiger partial charge in [-0.25, -0.2) is 0 Å². The van der Waals surface area contributed by atoms with Gasteiger partial charge in [-0.3, -0.25) is 0 Å². The van der Waals surface area contributed by atoms with Crippen molar-refractivity contribution in [3.63, 3.8) is 0 Å². The second-order valence-electron chi connectivity index (χ2n) is 2.82. The molecule has 0 aliphatic rings. The maximum Gasteiger partial charge on any atom is 0.131 e. The van der Waals surface area contributed by atoms with Crippen molar-refractivity contribution in [2.24, 2.45) is 0 Å². The number of ether oxygens (including phenoxy) is 1. The molecule has 80 valence electrons. The Kier molecular flexibility index (Phi) is 5.66. The molecule has 4 nitrogen and oxygen atoms in total. The highest BCUT2D eigenvalue weighted by Gasteiger charge is 2.02. The largest absolute Gasteiger partial charge is 0.381 e. The van der Waals surface area contributed by atoms with E-state index in [1.807, 2.05) is 6.92 Å². The van der Waals surface area contributed by atoms with Crippen molar-refractivity contribution in [2.75, 3.05) is 19.8 Å². The lowest BCUT2D eigenvalue weighted by Gasteiger charge is -1.96. The van der Waals surface area contributed by atoms with Gasteiger partial charge in [0.1, 0.15) is 10.0 Å². The summed E-state index contributed by atoms with van der Waals surface area (Å²) in [5.41, 5.74) is 0. The van der Waals surface area contributed by atoms with Crippen LogP contribution in [-0.2, 0) is 17.7 Å². The Hall–Kier alpha value is -0.520. The van der Waals surface area contributed by atoms with Crippen molar-refractivity contribution < 1.29 is 4.74 Å². The highest BCUT2D eigenvalue weighted by atomic mass is 32.1. The number of aromatic nitrogens is 2. The lowest BCUT2D eigenvalue weighted by atomic mass is 10.5. The Morgan fingerprint density at radius 1 is 1.29 bits per heavy atom. The molecule has 1 N–H and O–H groups in total. The van der Waals surface area contributed by atoms with Crippen molar-refractivity contribution in [3.05, 3.63) is 10.0 Å². The average Bonchev–Trinajstić information content (AvgIpc) is 2.63. The van der Waals surface area contributed by atoms with Gasteiger partial charge in [-0.2, -0.15) is 0 Å². The molecule has 0 radical (unpaired) electrons. The Bertz CT molecular complexity index is 252. The van der Waals surface area contributed by atoms with Crippen molar-refractivity contribution in [1.82, 2.24) is 15.5 Å². The Labute approximate surface area is 88.7 Å². The number of hydrogen-bond acceptors (Lipinski definition) is 5. The summed E-state index contributed by atoms with van der Waals surface area (Å²) in [6, 6.07) is 0. The molecule has 1 aromatic rings. The second-order valence-corrected chi connectivity index (χ2v) is 3.96. The fraction of sp³-hybridized carbons (Fsp3) is 0.778. The monoisotopic (exact) mass is 215 g/mol. The SMILES string of the molecule is CCNCc1nnc(CCOCC)s1. The predicted octanol–water partition coefficient (Wildman–Crippen LogP) is 1.23. The third-order valence-corrected chi connectivity index (χ3v) is 2.68. The zero-order chi connectivity index (χ0) is 10.2.